The Hall–Kier alpha value is -2.32. The van der Waals surface area contributed by atoms with Crippen molar-refractivity contribution in [2.24, 2.45) is 16.8 Å². The van der Waals surface area contributed by atoms with Crippen LogP contribution in [0.3, 0.4) is 0 Å². The van der Waals surface area contributed by atoms with Crippen molar-refractivity contribution >= 4 is 22.7 Å². The zero-order valence-corrected chi connectivity index (χ0v) is 16.6. The quantitative estimate of drug-likeness (QED) is 0.814. The highest BCUT2D eigenvalue weighted by Crippen LogP contribution is 2.57. The fourth-order valence-corrected chi connectivity index (χ4v) is 5.92. The number of nitrogens with zero attached hydrogens (tertiary/aromatic N) is 2. The molecule has 4 rings (SSSR count). The average Bonchev–Trinajstić information content (AvgIpc) is 3.06. The second-order valence-corrected chi connectivity index (χ2v) is 8.49. The number of fused-ring (bicyclic) bond motifs is 2. The normalized spacial score (nSPS) is 23.3. The Balaban J connectivity index is 1.90. The molecule has 2 atom stereocenters. The summed E-state index contributed by atoms with van der Waals surface area (Å²) in [7, 11) is 0. The van der Waals surface area contributed by atoms with Crippen molar-refractivity contribution in [2.45, 2.75) is 31.1 Å². The Morgan fingerprint density at radius 1 is 1.24 bits per heavy atom. The molecule has 0 fully saturated rings. The second kappa shape index (κ2) is 7.50. The Morgan fingerprint density at radius 2 is 1.97 bits per heavy atom. The summed E-state index contributed by atoms with van der Waals surface area (Å²) in [6.45, 7) is 1.77. The van der Waals surface area contributed by atoms with Gasteiger partial charge in [-0.2, -0.15) is 5.10 Å². The monoisotopic (exact) mass is 419 g/mol. The largest absolute Gasteiger partial charge is 0.330 e. The maximum atomic E-state index is 14.5. The highest BCUT2D eigenvalue weighted by atomic mass is 32.2. The highest BCUT2D eigenvalue weighted by molar-refractivity contribution is 8.15. The lowest BCUT2D eigenvalue weighted by atomic mass is 9.77. The first kappa shape index (κ1) is 20.0. The fourth-order valence-electron chi connectivity index (χ4n) is 4.26. The predicted octanol–water partition coefficient (Wildman–Crippen LogP) is 4.13. The first-order valence-corrected chi connectivity index (χ1v) is 10.2. The van der Waals surface area contributed by atoms with E-state index in [1.165, 1.54) is 41.9 Å². The van der Waals surface area contributed by atoms with E-state index in [1.54, 1.807) is 6.07 Å². The Morgan fingerprint density at radius 3 is 2.66 bits per heavy atom. The molecule has 0 saturated heterocycles. The molecule has 2 aromatic rings. The number of carbonyl (C=O) groups excluding carboxylic acids is 1. The third kappa shape index (κ3) is 3.24. The van der Waals surface area contributed by atoms with Gasteiger partial charge >= 0.3 is 0 Å². The zero-order chi connectivity index (χ0) is 20.8. The van der Waals surface area contributed by atoms with Crippen LogP contribution >= 0.6 is 11.8 Å². The number of hydrazone groups is 1. The molecule has 152 valence electrons. The van der Waals surface area contributed by atoms with Gasteiger partial charge in [-0.15, -0.1) is 0 Å². The lowest BCUT2D eigenvalue weighted by molar-refractivity contribution is -0.134. The third-order valence-corrected chi connectivity index (χ3v) is 7.04. The number of aryl methyl sites for hydroxylation is 1. The molecule has 0 aromatic heterocycles. The van der Waals surface area contributed by atoms with Gasteiger partial charge in [0.1, 0.15) is 27.4 Å². The van der Waals surface area contributed by atoms with E-state index in [-0.39, 0.29) is 22.4 Å². The van der Waals surface area contributed by atoms with E-state index < -0.39 is 22.3 Å². The second-order valence-electron chi connectivity index (χ2n) is 7.27. The number of nitrogens with two attached hydrogens (primary N) is 1. The minimum Gasteiger partial charge on any atom is -0.330 e. The standard InChI is InChI=1S/C21H20F3N3OS/c1-12(28)27-21(29-20(26-27)17-7-6-16(23)11-19(17)24)14(8-9-25)4-2-13-3-5-15(22)10-18(13)21/h3,5-7,10-11,14H,2,4,8-9,25H2,1H3/t14-,21-/m0/s1. The zero-order valence-electron chi connectivity index (χ0n) is 15.8. The first-order chi connectivity index (χ1) is 13.9. The molecule has 0 unspecified atom stereocenters. The minimum absolute atomic E-state index is 0.0968. The van der Waals surface area contributed by atoms with Crippen molar-refractivity contribution in [3.8, 4) is 0 Å². The number of rotatable bonds is 3. The van der Waals surface area contributed by atoms with Crippen LogP contribution in [0.5, 0.6) is 0 Å². The van der Waals surface area contributed by atoms with Crippen molar-refractivity contribution in [2.75, 3.05) is 6.54 Å². The number of carbonyl (C=O) groups is 1. The molecule has 4 nitrogen and oxygen atoms in total. The molecular formula is C21H20F3N3OS. The van der Waals surface area contributed by atoms with Gasteiger partial charge in [0.05, 0.1) is 0 Å². The van der Waals surface area contributed by atoms with Crippen LogP contribution in [0.2, 0.25) is 0 Å². The van der Waals surface area contributed by atoms with Crippen molar-refractivity contribution in [1.29, 1.82) is 0 Å². The summed E-state index contributed by atoms with van der Waals surface area (Å²) < 4.78 is 42.1. The van der Waals surface area contributed by atoms with Crippen LogP contribution in [-0.2, 0) is 16.1 Å². The van der Waals surface area contributed by atoms with Gasteiger partial charge in [-0.25, -0.2) is 18.2 Å². The van der Waals surface area contributed by atoms with Gasteiger partial charge in [0.25, 0.3) is 0 Å². The van der Waals surface area contributed by atoms with Crippen LogP contribution in [0.1, 0.15) is 36.5 Å². The summed E-state index contributed by atoms with van der Waals surface area (Å²) in [4.78, 5) is 11.6. The number of thioether (sulfide) groups is 1. The summed E-state index contributed by atoms with van der Waals surface area (Å²) in [5.41, 5.74) is 7.53. The minimum atomic E-state index is -1.02. The molecule has 8 heteroatoms. The smallest absolute Gasteiger partial charge is 0.241 e. The van der Waals surface area contributed by atoms with Gasteiger partial charge in [-0.3, -0.25) is 4.79 Å². The van der Waals surface area contributed by atoms with E-state index in [0.29, 0.717) is 18.5 Å². The van der Waals surface area contributed by atoms with Gasteiger partial charge in [0, 0.05) is 18.6 Å². The maximum absolute atomic E-state index is 14.5. The maximum Gasteiger partial charge on any atom is 0.241 e. The van der Waals surface area contributed by atoms with Crippen molar-refractivity contribution in [1.82, 2.24) is 5.01 Å². The van der Waals surface area contributed by atoms with E-state index in [9.17, 15) is 18.0 Å². The van der Waals surface area contributed by atoms with Crippen LogP contribution in [0.4, 0.5) is 13.2 Å². The molecule has 2 N–H and O–H groups in total. The van der Waals surface area contributed by atoms with Gasteiger partial charge in [0.2, 0.25) is 5.91 Å². The Bertz CT molecular complexity index is 1010. The molecule has 0 bridgehead atoms. The topological polar surface area (TPSA) is 58.7 Å². The van der Waals surface area contributed by atoms with Crippen LogP contribution in [0.15, 0.2) is 41.5 Å². The van der Waals surface area contributed by atoms with Gasteiger partial charge < -0.3 is 5.73 Å². The SMILES string of the molecule is CC(=O)N1N=C(c2ccc(F)cc2F)S[C@@]12c1cc(F)ccc1CC[C@H]2CCN. The van der Waals surface area contributed by atoms with Gasteiger partial charge in [0.15, 0.2) is 0 Å². The molecule has 1 aliphatic carbocycles. The molecule has 1 aliphatic heterocycles. The summed E-state index contributed by atoms with van der Waals surface area (Å²) in [5, 5.41) is 6.01. The fraction of sp³-hybridized carbons (Fsp3) is 0.333. The van der Waals surface area contributed by atoms with Crippen LogP contribution < -0.4 is 5.73 Å². The molecule has 1 heterocycles. The predicted molar refractivity (Wildman–Crippen MR) is 107 cm³/mol. The van der Waals surface area contributed by atoms with Crippen molar-refractivity contribution < 1.29 is 18.0 Å². The number of hydrogen-bond acceptors (Lipinski definition) is 4. The number of benzene rings is 2. The summed E-state index contributed by atoms with van der Waals surface area (Å²) in [6, 6.07) is 7.79. The van der Waals surface area contributed by atoms with Crippen LogP contribution in [0, 0.1) is 23.4 Å². The summed E-state index contributed by atoms with van der Waals surface area (Å²) >= 11 is 1.21. The lowest BCUT2D eigenvalue weighted by Gasteiger charge is -2.45. The Kier molecular flexibility index (Phi) is 5.16. The molecule has 1 spiro atoms. The van der Waals surface area contributed by atoms with Crippen LogP contribution in [-0.4, -0.2) is 22.5 Å². The van der Waals surface area contributed by atoms with Crippen molar-refractivity contribution in [3.05, 3.63) is 70.5 Å². The molecule has 2 aliphatic rings. The first-order valence-electron chi connectivity index (χ1n) is 9.39. The van der Waals surface area contributed by atoms with Crippen molar-refractivity contribution in [3.63, 3.8) is 0 Å². The van der Waals surface area contributed by atoms with Gasteiger partial charge in [-0.1, -0.05) is 17.8 Å². The highest BCUT2D eigenvalue weighted by Gasteiger charge is 2.55. The van der Waals surface area contributed by atoms with E-state index in [2.05, 4.69) is 5.10 Å². The number of amides is 1. The van der Waals surface area contributed by atoms with Gasteiger partial charge in [-0.05, 0) is 67.1 Å². The summed E-state index contributed by atoms with van der Waals surface area (Å²) in [5.74, 6) is -2.31. The lowest BCUT2D eigenvalue weighted by Crippen LogP contribution is -2.49. The Labute approximate surface area is 171 Å². The number of halogens is 3. The van der Waals surface area contributed by atoms with E-state index in [1.807, 2.05) is 0 Å². The molecule has 0 radical (unpaired) electrons. The number of hydrogen-bond donors (Lipinski definition) is 1. The molecule has 0 saturated carbocycles. The molecule has 2 aromatic carbocycles. The molecule has 1 amide bonds. The van der Waals surface area contributed by atoms with Crippen LogP contribution in [0.25, 0.3) is 0 Å². The summed E-state index contributed by atoms with van der Waals surface area (Å²) in [6.07, 6.45) is 2.07. The van der Waals surface area contributed by atoms with E-state index in [4.69, 9.17) is 5.73 Å². The molecule has 29 heavy (non-hydrogen) atoms. The van der Waals surface area contributed by atoms with E-state index >= 15 is 0 Å². The average molecular weight is 419 g/mol. The third-order valence-electron chi connectivity index (χ3n) is 5.51. The van der Waals surface area contributed by atoms with E-state index in [0.717, 1.165) is 30.5 Å². The molecular weight excluding hydrogens is 399 g/mol.